The van der Waals surface area contributed by atoms with Crippen molar-refractivity contribution in [3.05, 3.63) is 0 Å². The summed E-state index contributed by atoms with van der Waals surface area (Å²) < 4.78 is 23.6. The highest BCUT2D eigenvalue weighted by Crippen LogP contribution is 2.25. The highest BCUT2D eigenvalue weighted by atomic mass is 32.2. The summed E-state index contributed by atoms with van der Waals surface area (Å²) in [6.07, 6.45) is 5.65. The standard InChI is InChI=1S/C11H20O3S/c1-10(12)6-4-5-9-15(13,14)11-7-2-3-8-11/h11H,2-9H2,1H3. The number of carbonyl (C=O) groups excluding carboxylic acids is 1. The van der Waals surface area contributed by atoms with Crippen LogP contribution in [0.25, 0.3) is 0 Å². The Morgan fingerprint density at radius 3 is 2.33 bits per heavy atom. The first-order chi connectivity index (χ1) is 7.02. The maximum Gasteiger partial charge on any atom is 0.153 e. The summed E-state index contributed by atoms with van der Waals surface area (Å²) in [5, 5.41) is -0.0881. The third-order valence-corrected chi connectivity index (χ3v) is 5.36. The molecule has 0 saturated heterocycles. The molecule has 15 heavy (non-hydrogen) atoms. The highest BCUT2D eigenvalue weighted by Gasteiger charge is 2.27. The molecule has 0 unspecified atom stereocenters. The summed E-state index contributed by atoms with van der Waals surface area (Å²) in [6.45, 7) is 1.55. The summed E-state index contributed by atoms with van der Waals surface area (Å²) in [5.41, 5.74) is 0. The zero-order chi connectivity index (χ0) is 11.3. The molecular formula is C11H20O3S. The molecule has 1 aliphatic rings. The van der Waals surface area contributed by atoms with E-state index in [0.29, 0.717) is 19.3 Å². The van der Waals surface area contributed by atoms with Crippen LogP contribution in [-0.2, 0) is 14.6 Å². The van der Waals surface area contributed by atoms with Crippen molar-refractivity contribution in [2.45, 2.75) is 57.1 Å². The van der Waals surface area contributed by atoms with E-state index in [-0.39, 0.29) is 16.8 Å². The number of hydrogen-bond donors (Lipinski definition) is 0. The smallest absolute Gasteiger partial charge is 0.153 e. The molecule has 0 aromatic carbocycles. The molecule has 1 saturated carbocycles. The Labute approximate surface area is 92.2 Å². The number of unbranched alkanes of at least 4 members (excludes halogenated alkanes) is 1. The third kappa shape index (κ3) is 4.33. The van der Waals surface area contributed by atoms with Gasteiger partial charge in [0.05, 0.1) is 11.0 Å². The molecule has 0 spiro atoms. The fraction of sp³-hybridized carbons (Fsp3) is 0.909. The molecule has 0 aromatic heterocycles. The number of hydrogen-bond acceptors (Lipinski definition) is 3. The molecule has 1 rings (SSSR count). The monoisotopic (exact) mass is 232 g/mol. The zero-order valence-corrected chi connectivity index (χ0v) is 10.2. The number of carbonyl (C=O) groups is 1. The Balaban J connectivity index is 2.27. The van der Waals surface area contributed by atoms with Crippen LogP contribution in [0.4, 0.5) is 0 Å². The van der Waals surface area contributed by atoms with E-state index >= 15 is 0 Å². The number of ketones is 1. The molecule has 0 radical (unpaired) electrons. The lowest BCUT2D eigenvalue weighted by Crippen LogP contribution is -2.21. The van der Waals surface area contributed by atoms with Crippen molar-refractivity contribution in [1.29, 1.82) is 0 Å². The Bertz CT molecular complexity index is 300. The first-order valence-corrected chi connectivity index (χ1v) is 7.45. The maximum absolute atomic E-state index is 11.8. The minimum Gasteiger partial charge on any atom is -0.300 e. The van der Waals surface area contributed by atoms with Crippen molar-refractivity contribution in [3.8, 4) is 0 Å². The zero-order valence-electron chi connectivity index (χ0n) is 9.37. The Hall–Kier alpha value is -0.380. The molecule has 0 bridgehead atoms. The van der Waals surface area contributed by atoms with Crippen LogP contribution >= 0.6 is 0 Å². The van der Waals surface area contributed by atoms with E-state index in [9.17, 15) is 13.2 Å². The molecule has 0 amide bonds. The van der Waals surface area contributed by atoms with Crippen LogP contribution in [-0.4, -0.2) is 25.2 Å². The van der Waals surface area contributed by atoms with E-state index in [0.717, 1.165) is 25.7 Å². The molecule has 4 heteroatoms. The molecule has 88 valence electrons. The molecule has 3 nitrogen and oxygen atoms in total. The van der Waals surface area contributed by atoms with Crippen molar-refractivity contribution in [3.63, 3.8) is 0 Å². The van der Waals surface area contributed by atoms with Crippen LogP contribution < -0.4 is 0 Å². The van der Waals surface area contributed by atoms with E-state index in [4.69, 9.17) is 0 Å². The first-order valence-electron chi connectivity index (χ1n) is 5.73. The quantitative estimate of drug-likeness (QED) is 0.659. The second-order valence-corrected chi connectivity index (χ2v) is 6.83. The first kappa shape index (κ1) is 12.7. The SMILES string of the molecule is CC(=O)CCCCS(=O)(=O)C1CCCC1. The van der Waals surface area contributed by atoms with E-state index < -0.39 is 9.84 Å². The Morgan fingerprint density at radius 2 is 1.80 bits per heavy atom. The van der Waals surface area contributed by atoms with E-state index in [1.54, 1.807) is 6.92 Å². The molecule has 1 fully saturated rings. The van der Waals surface area contributed by atoms with Crippen LogP contribution in [0.2, 0.25) is 0 Å². The summed E-state index contributed by atoms with van der Waals surface area (Å²) in [7, 11) is -2.87. The van der Waals surface area contributed by atoms with Crippen molar-refractivity contribution in [2.75, 3.05) is 5.75 Å². The van der Waals surface area contributed by atoms with Gasteiger partial charge >= 0.3 is 0 Å². The topological polar surface area (TPSA) is 51.2 Å². The summed E-state index contributed by atoms with van der Waals surface area (Å²) in [6, 6.07) is 0. The van der Waals surface area contributed by atoms with Gasteiger partial charge in [0.15, 0.2) is 9.84 Å². The van der Waals surface area contributed by atoms with E-state index in [2.05, 4.69) is 0 Å². The Kier molecular flexibility index (Phi) is 4.77. The molecule has 1 aliphatic carbocycles. The fourth-order valence-electron chi connectivity index (χ4n) is 2.09. The molecule has 0 aromatic rings. The van der Waals surface area contributed by atoms with Crippen LogP contribution in [0.15, 0.2) is 0 Å². The predicted octanol–water partition coefficient (Wildman–Crippen LogP) is 2.10. The molecular weight excluding hydrogens is 212 g/mol. The Morgan fingerprint density at radius 1 is 1.20 bits per heavy atom. The van der Waals surface area contributed by atoms with Crippen molar-refractivity contribution in [2.24, 2.45) is 0 Å². The van der Waals surface area contributed by atoms with Crippen molar-refractivity contribution < 1.29 is 13.2 Å². The minimum atomic E-state index is -2.87. The van der Waals surface area contributed by atoms with Gasteiger partial charge < -0.3 is 4.79 Å². The molecule has 0 heterocycles. The maximum atomic E-state index is 11.8. The molecule has 0 aliphatic heterocycles. The summed E-state index contributed by atoms with van der Waals surface area (Å²) in [4.78, 5) is 10.7. The van der Waals surface area contributed by atoms with Gasteiger partial charge in [-0.25, -0.2) is 8.42 Å². The van der Waals surface area contributed by atoms with Crippen LogP contribution in [0.5, 0.6) is 0 Å². The van der Waals surface area contributed by atoms with Gasteiger partial charge in [-0.05, 0) is 32.6 Å². The minimum absolute atomic E-state index is 0.0881. The van der Waals surface area contributed by atoms with Crippen LogP contribution in [0.1, 0.15) is 51.9 Å². The van der Waals surface area contributed by atoms with E-state index in [1.165, 1.54) is 0 Å². The van der Waals surface area contributed by atoms with E-state index in [1.807, 2.05) is 0 Å². The van der Waals surface area contributed by atoms with Gasteiger partial charge in [-0.15, -0.1) is 0 Å². The fourth-order valence-corrected chi connectivity index (χ4v) is 4.08. The third-order valence-electron chi connectivity index (χ3n) is 3.02. The van der Waals surface area contributed by atoms with Crippen LogP contribution in [0.3, 0.4) is 0 Å². The van der Waals surface area contributed by atoms with Gasteiger partial charge in [-0.1, -0.05) is 12.8 Å². The van der Waals surface area contributed by atoms with Crippen molar-refractivity contribution in [1.82, 2.24) is 0 Å². The molecule has 0 N–H and O–H groups in total. The van der Waals surface area contributed by atoms with Gasteiger partial charge in [0.25, 0.3) is 0 Å². The average Bonchev–Trinajstić information content (AvgIpc) is 2.65. The second-order valence-electron chi connectivity index (χ2n) is 4.43. The average molecular weight is 232 g/mol. The number of Topliss-reactive ketones (excluding diaryl/α,β-unsaturated/α-hetero) is 1. The summed E-state index contributed by atoms with van der Waals surface area (Å²) in [5.74, 6) is 0.415. The highest BCUT2D eigenvalue weighted by molar-refractivity contribution is 7.92. The summed E-state index contributed by atoms with van der Waals surface area (Å²) >= 11 is 0. The van der Waals surface area contributed by atoms with Gasteiger partial charge in [0.2, 0.25) is 0 Å². The van der Waals surface area contributed by atoms with Gasteiger partial charge in [0, 0.05) is 6.42 Å². The normalized spacial score (nSPS) is 18.2. The van der Waals surface area contributed by atoms with Crippen LogP contribution in [0, 0.1) is 0 Å². The van der Waals surface area contributed by atoms with Gasteiger partial charge in [-0.2, -0.15) is 0 Å². The number of rotatable bonds is 6. The predicted molar refractivity (Wildman–Crippen MR) is 60.6 cm³/mol. The van der Waals surface area contributed by atoms with Crippen molar-refractivity contribution >= 4 is 15.6 Å². The lowest BCUT2D eigenvalue weighted by atomic mass is 10.2. The molecule has 0 atom stereocenters. The van der Waals surface area contributed by atoms with Gasteiger partial charge in [0.1, 0.15) is 5.78 Å². The lowest BCUT2D eigenvalue weighted by Gasteiger charge is -2.10. The second kappa shape index (κ2) is 5.64. The largest absolute Gasteiger partial charge is 0.300 e. The number of sulfone groups is 1. The van der Waals surface area contributed by atoms with Gasteiger partial charge in [-0.3, -0.25) is 0 Å². The lowest BCUT2D eigenvalue weighted by molar-refractivity contribution is -0.117.